The molecule has 0 aliphatic heterocycles. The van der Waals surface area contributed by atoms with Gasteiger partial charge >= 0.3 is 0 Å². The average molecular weight is 469 g/mol. The first kappa shape index (κ1) is 25.2. The number of aromatic nitrogens is 4. The van der Waals surface area contributed by atoms with Gasteiger partial charge in [-0.1, -0.05) is 6.92 Å². The molecule has 1 saturated carbocycles. The van der Waals surface area contributed by atoms with Crippen LogP contribution in [0.3, 0.4) is 0 Å². The molecule has 1 aliphatic rings. The Labute approximate surface area is 199 Å². The molecule has 1 aromatic carbocycles. The summed E-state index contributed by atoms with van der Waals surface area (Å²) in [5.74, 6) is 1.49. The number of terminal acetylenes is 1. The van der Waals surface area contributed by atoms with Gasteiger partial charge in [0, 0.05) is 36.9 Å². The fraction of sp³-hybridized carbons (Fsp3) is 0.520. The van der Waals surface area contributed by atoms with Crippen molar-refractivity contribution >= 4 is 28.4 Å². The highest BCUT2D eigenvalue weighted by Gasteiger charge is 2.30. The normalized spacial score (nSPS) is 18.4. The largest absolute Gasteiger partial charge is 0.494 e. The SMILES string of the molecule is C#C.COc1cc2nc(N)n3nc(CCC[C@H](C)N(C)C(=O)C4CCC(C)C4)nc3c2cc1F. The van der Waals surface area contributed by atoms with Gasteiger partial charge in [-0.05, 0) is 51.0 Å². The number of aryl methyl sites for hydroxylation is 1. The van der Waals surface area contributed by atoms with Gasteiger partial charge in [-0.3, -0.25) is 4.79 Å². The molecule has 2 aromatic heterocycles. The molecule has 0 spiro atoms. The van der Waals surface area contributed by atoms with Crippen LogP contribution in [0.15, 0.2) is 12.1 Å². The Kier molecular flexibility index (Phi) is 7.92. The Bertz CT molecular complexity index is 1190. The number of fused-ring (bicyclic) bond motifs is 3. The molecular weight excluding hydrogens is 435 g/mol. The lowest BCUT2D eigenvalue weighted by Gasteiger charge is -2.27. The Hall–Kier alpha value is -3.41. The summed E-state index contributed by atoms with van der Waals surface area (Å²) in [5, 5.41) is 5.00. The van der Waals surface area contributed by atoms with E-state index in [9.17, 15) is 9.18 Å². The Morgan fingerprint density at radius 1 is 1.35 bits per heavy atom. The van der Waals surface area contributed by atoms with Crippen LogP contribution in [0.1, 0.15) is 51.8 Å². The van der Waals surface area contributed by atoms with E-state index in [4.69, 9.17) is 10.5 Å². The summed E-state index contributed by atoms with van der Waals surface area (Å²) in [6, 6.07) is 3.00. The summed E-state index contributed by atoms with van der Waals surface area (Å²) in [7, 11) is 3.31. The van der Waals surface area contributed by atoms with Crippen LogP contribution in [0.4, 0.5) is 10.3 Å². The number of methoxy groups -OCH3 is 1. The predicted octanol–water partition coefficient (Wildman–Crippen LogP) is 3.86. The van der Waals surface area contributed by atoms with Crippen LogP contribution in [0.25, 0.3) is 16.6 Å². The molecule has 34 heavy (non-hydrogen) atoms. The van der Waals surface area contributed by atoms with E-state index in [-0.39, 0.29) is 29.6 Å². The molecule has 2 heterocycles. The zero-order valence-corrected chi connectivity index (χ0v) is 20.3. The van der Waals surface area contributed by atoms with Crippen LogP contribution >= 0.6 is 0 Å². The Morgan fingerprint density at radius 2 is 2.09 bits per heavy atom. The molecule has 2 unspecified atom stereocenters. The molecule has 3 aromatic rings. The van der Waals surface area contributed by atoms with Crippen LogP contribution in [0.2, 0.25) is 0 Å². The lowest BCUT2D eigenvalue weighted by molar-refractivity contribution is -0.136. The van der Waals surface area contributed by atoms with E-state index in [2.05, 4.69) is 41.8 Å². The van der Waals surface area contributed by atoms with E-state index >= 15 is 0 Å². The molecule has 1 aliphatic carbocycles. The second-order valence-electron chi connectivity index (χ2n) is 9.04. The van der Waals surface area contributed by atoms with Gasteiger partial charge in [0.05, 0.1) is 12.6 Å². The lowest BCUT2D eigenvalue weighted by Crippen LogP contribution is -2.38. The number of nitrogens with zero attached hydrogens (tertiary/aromatic N) is 5. The van der Waals surface area contributed by atoms with Gasteiger partial charge in [0.2, 0.25) is 11.9 Å². The zero-order valence-electron chi connectivity index (χ0n) is 20.3. The second kappa shape index (κ2) is 10.7. The van der Waals surface area contributed by atoms with Gasteiger partial charge in [-0.15, -0.1) is 17.9 Å². The summed E-state index contributed by atoms with van der Waals surface area (Å²) in [6.07, 6.45) is 13.4. The van der Waals surface area contributed by atoms with Gasteiger partial charge in [0.1, 0.15) is 0 Å². The Morgan fingerprint density at radius 3 is 2.74 bits per heavy atom. The fourth-order valence-corrected chi connectivity index (χ4v) is 4.62. The highest BCUT2D eigenvalue weighted by atomic mass is 19.1. The number of hydrogen-bond donors (Lipinski definition) is 1. The third kappa shape index (κ3) is 5.06. The topological polar surface area (TPSA) is 98.6 Å². The summed E-state index contributed by atoms with van der Waals surface area (Å²) in [5.41, 5.74) is 7.03. The first-order chi connectivity index (χ1) is 16.3. The summed E-state index contributed by atoms with van der Waals surface area (Å²) in [4.78, 5) is 23.5. The van der Waals surface area contributed by atoms with Gasteiger partial charge in [0.25, 0.3) is 0 Å². The van der Waals surface area contributed by atoms with Crippen LogP contribution in [0.5, 0.6) is 5.75 Å². The van der Waals surface area contributed by atoms with Crippen molar-refractivity contribution in [2.75, 3.05) is 19.9 Å². The number of amides is 1. The van der Waals surface area contributed by atoms with E-state index in [0.29, 0.717) is 34.7 Å². The molecule has 1 amide bonds. The van der Waals surface area contributed by atoms with Gasteiger partial charge in [-0.25, -0.2) is 14.4 Å². The average Bonchev–Trinajstić information content (AvgIpc) is 3.46. The smallest absolute Gasteiger partial charge is 0.225 e. The van der Waals surface area contributed by atoms with Crippen molar-refractivity contribution in [3.8, 4) is 18.6 Å². The van der Waals surface area contributed by atoms with Crippen molar-refractivity contribution in [1.29, 1.82) is 0 Å². The van der Waals surface area contributed by atoms with Crippen molar-refractivity contribution < 1.29 is 13.9 Å². The number of ether oxygens (including phenoxy) is 1. The maximum absolute atomic E-state index is 14.2. The molecule has 1 fully saturated rings. The number of carbonyl (C=O) groups is 1. The fourth-order valence-electron chi connectivity index (χ4n) is 4.62. The minimum Gasteiger partial charge on any atom is -0.494 e. The third-order valence-electron chi connectivity index (χ3n) is 6.69. The van der Waals surface area contributed by atoms with Crippen LogP contribution in [-0.2, 0) is 11.2 Å². The Balaban J connectivity index is 0.00000158. The first-order valence-corrected chi connectivity index (χ1v) is 11.6. The number of anilines is 1. The van der Waals surface area contributed by atoms with Gasteiger partial charge < -0.3 is 15.4 Å². The predicted molar refractivity (Wildman–Crippen MR) is 131 cm³/mol. The molecule has 4 rings (SSSR count). The molecule has 9 heteroatoms. The van der Waals surface area contributed by atoms with Crippen molar-refractivity contribution in [3.63, 3.8) is 0 Å². The molecule has 8 nitrogen and oxygen atoms in total. The number of rotatable bonds is 7. The molecule has 0 saturated heterocycles. The minimum absolute atomic E-state index is 0.105. The highest BCUT2D eigenvalue weighted by Crippen LogP contribution is 2.32. The molecule has 3 atom stereocenters. The van der Waals surface area contributed by atoms with Crippen molar-refractivity contribution in [2.45, 2.75) is 58.4 Å². The molecule has 182 valence electrons. The van der Waals surface area contributed by atoms with Crippen LogP contribution in [0, 0.1) is 30.5 Å². The molecule has 0 bridgehead atoms. The summed E-state index contributed by atoms with van der Waals surface area (Å²) < 4.78 is 20.7. The number of hydrogen-bond acceptors (Lipinski definition) is 6. The molecule has 2 N–H and O–H groups in total. The number of halogens is 1. The van der Waals surface area contributed by atoms with Crippen LogP contribution < -0.4 is 10.5 Å². The minimum atomic E-state index is -0.490. The molecular formula is C25H33FN6O2. The number of nitrogens with two attached hydrogens (primary N) is 1. The maximum atomic E-state index is 14.2. The van der Waals surface area contributed by atoms with Crippen molar-refractivity contribution in [3.05, 3.63) is 23.8 Å². The number of carbonyl (C=O) groups excluding carboxylic acids is 1. The summed E-state index contributed by atoms with van der Waals surface area (Å²) >= 11 is 0. The number of nitrogen functional groups attached to an aromatic ring is 1. The van der Waals surface area contributed by atoms with Crippen LogP contribution in [-0.4, -0.2) is 50.6 Å². The molecule has 0 radical (unpaired) electrons. The monoisotopic (exact) mass is 468 g/mol. The van der Waals surface area contributed by atoms with E-state index in [1.165, 1.54) is 23.8 Å². The third-order valence-corrected chi connectivity index (χ3v) is 6.69. The number of benzene rings is 1. The van der Waals surface area contributed by atoms with Gasteiger partial charge in [-0.2, -0.15) is 4.52 Å². The maximum Gasteiger partial charge on any atom is 0.225 e. The van der Waals surface area contributed by atoms with Crippen molar-refractivity contribution in [2.24, 2.45) is 11.8 Å². The second-order valence-corrected chi connectivity index (χ2v) is 9.04. The van der Waals surface area contributed by atoms with E-state index in [1.807, 2.05) is 11.9 Å². The highest BCUT2D eigenvalue weighted by molar-refractivity contribution is 5.93. The van der Waals surface area contributed by atoms with E-state index in [0.717, 1.165) is 32.1 Å². The summed E-state index contributed by atoms with van der Waals surface area (Å²) in [6.45, 7) is 4.30. The lowest BCUT2D eigenvalue weighted by atomic mass is 10.0. The quantitative estimate of drug-likeness (QED) is 0.529. The standard InChI is InChI=1S/C23H31FN6O2.C2H2/c1-13-8-9-15(10-13)22(31)29(3)14(2)6-5-7-20-27-21-16-11-17(24)19(32-4)12-18(16)26-23(25)30(21)28-20;1-2/h11-15H,5-10H2,1-4H3,(H2,25,26);1-2H/t13?,14-,15?;/m0./s1. The first-order valence-electron chi connectivity index (χ1n) is 11.6. The van der Waals surface area contributed by atoms with E-state index in [1.54, 1.807) is 0 Å². The van der Waals surface area contributed by atoms with Crippen molar-refractivity contribution in [1.82, 2.24) is 24.5 Å². The zero-order chi connectivity index (χ0) is 25.0. The van der Waals surface area contributed by atoms with Gasteiger partial charge in [0.15, 0.2) is 23.0 Å². The van der Waals surface area contributed by atoms with E-state index < -0.39 is 5.82 Å².